The second-order valence-corrected chi connectivity index (χ2v) is 3.29. The largest absolute Gasteiger partial charge is 0.371 e. The lowest BCUT2D eigenvalue weighted by Gasteiger charge is -2.20. The Morgan fingerprint density at radius 2 is 2.23 bits per heavy atom. The molecule has 5 heteroatoms. The molecule has 0 saturated carbocycles. The SMILES string of the molecule is COC(C)(C)C(=O)c1cnnn1C. The molecule has 0 amide bonds. The number of ketones is 1. The number of hydrogen-bond acceptors (Lipinski definition) is 4. The fourth-order valence-electron chi connectivity index (χ4n) is 0.896. The zero-order valence-corrected chi connectivity index (χ0v) is 8.24. The summed E-state index contributed by atoms with van der Waals surface area (Å²) in [5, 5.41) is 7.30. The molecule has 13 heavy (non-hydrogen) atoms. The normalized spacial score (nSPS) is 11.7. The summed E-state index contributed by atoms with van der Waals surface area (Å²) in [5.74, 6) is -0.123. The minimum atomic E-state index is -0.824. The number of nitrogens with zero attached hydrogens (tertiary/aromatic N) is 3. The van der Waals surface area contributed by atoms with Crippen LogP contribution < -0.4 is 0 Å². The molecule has 0 aliphatic rings. The Bertz CT molecular complexity index is 317. The van der Waals surface area contributed by atoms with E-state index in [2.05, 4.69) is 10.3 Å². The third kappa shape index (κ3) is 1.75. The van der Waals surface area contributed by atoms with Crippen LogP contribution in [0.4, 0.5) is 0 Å². The molecule has 0 unspecified atom stereocenters. The molecule has 0 atom stereocenters. The Hall–Kier alpha value is -1.23. The third-order valence-corrected chi connectivity index (χ3v) is 2.00. The van der Waals surface area contributed by atoms with Crippen LogP contribution in [0.2, 0.25) is 0 Å². The summed E-state index contributed by atoms with van der Waals surface area (Å²) >= 11 is 0. The predicted molar refractivity (Wildman–Crippen MR) is 46.4 cm³/mol. The van der Waals surface area contributed by atoms with Crippen LogP contribution in [0.5, 0.6) is 0 Å². The molecule has 0 N–H and O–H groups in total. The Balaban J connectivity index is 2.98. The lowest BCUT2D eigenvalue weighted by Crippen LogP contribution is -2.35. The zero-order valence-electron chi connectivity index (χ0n) is 8.24. The number of rotatable bonds is 3. The second kappa shape index (κ2) is 3.26. The fraction of sp³-hybridized carbons (Fsp3) is 0.625. The van der Waals surface area contributed by atoms with Crippen molar-refractivity contribution in [1.82, 2.24) is 15.0 Å². The molecule has 0 radical (unpaired) electrons. The third-order valence-electron chi connectivity index (χ3n) is 2.00. The molecule has 0 bridgehead atoms. The molecule has 0 spiro atoms. The average molecular weight is 183 g/mol. The van der Waals surface area contributed by atoms with E-state index < -0.39 is 5.60 Å². The zero-order chi connectivity index (χ0) is 10.1. The van der Waals surface area contributed by atoms with Gasteiger partial charge in [0.2, 0.25) is 5.78 Å². The van der Waals surface area contributed by atoms with Crippen molar-refractivity contribution in [2.45, 2.75) is 19.4 Å². The molecule has 1 rings (SSSR count). The van der Waals surface area contributed by atoms with Gasteiger partial charge in [0.15, 0.2) is 0 Å². The monoisotopic (exact) mass is 183 g/mol. The molecule has 72 valence electrons. The van der Waals surface area contributed by atoms with Crippen LogP contribution >= 0.6 is 0 Å². The summed E-state index contributed by atoms with van der Waals surface area (Å²) in [5.41, 5.74) is -0.373. The standard InChI is InChI=1S/C8H13N3O2/c1-8(2,13-4)7(12)6-5-9-10-11(6)3/h5H,1-4H3. The van der Waals surface area contributed by atoms with Gasteiger partial charge in [0.25, 0.3) is 0 Å². The van der Waals surface area contributed by atoms with Crippen LogP contribution in [0.25, 0.3) is 0 Å². The van der Waals surface area contributed by atoms with Gasteiger partial charge in [-0.1, -0.05) is 5.21 Å². The van der Waals surface area contributed by atoms with E-state index in [1.807, 2.05) is 0 Å². The number of aryl methyl sites for hydroxylation is 1. The van der Waals surface area contributed by atoms with E-state index in [1.54, 1.807) is 20.9 Å². The molecule has 0 aliphatic carbocycles. The molecule has 1 aromatic heterocycles. The lowest BCUT2D eigenvalue weighted by atomic mass is 10.0. The molecule has 0 fully saturated rings. The van der Waals surface area contributed by atoms with Crippen LogP contribution in [-0.2, 0) is 11.8 Å². The van der Waals surface area contributed by atoms with Crippen LogP contribution in [-0.4, -0.2) is 33.5 Å². The van der Waals surface area contributed by atoms with E-state index in [0.717, 1.165) is 0 Å². The second-order valence-electron chi connectivity index (χ2n) is 3.29. The summed E-state index contributed by atoms with van der Waals surface area (Å²) in [4.78, 5) is 11.8. The van der Waals surface area contributed by atoms with Gasteiger partial charge in [0.05, 0.1) is 6.20 Å². The van der Waals surface area contributed by atoms with Gasteiger partial charge in [-0.05, 0) is 13.8 Å². The highest BCUT2D eigenvalue weighted by molar-refractivity contribution is 6.00. The summed E-state index contributed by atoms with van der Waals surface area (Å²) in [6.45, 7) is 3.42. The fourth-order valence-corrected chi connectivity index (χ4v) is 0.896. The smallest absolute Gasteiger partial charge is 0.213 e. The molecular weight excluding hydrogens is 170 g/mol. The highest BCUT2D eigenvalue weighted by atomic mass is 16.5. The first-order chi connectivity index (χ1) is 5.99. The van der Waals surface area contributed by atoms with Gasteiger partial charge in [-0.2, -0.15) is 0 Å². The van der Waals surface area contributed by atoms with E-state index in [1.165, 1.54) is 18.0 Å². The molecular formula is C8H13N3O2. The molecule has 0 aromatic carbocycles. The van der Waals surface area contributed by atoms with Gasteiger partial charge in [-0.15, -0.1) is 5.10 Å². The quantitative estimate of drug-likeness (QED) is 0.637. The van der Waals surface area contributed by atoms with Gasteiger partial charge in [-0.3, -0.25) is 4.79 Å². The Kier molecular flexibility index (Phi) is 2.47. The average Bonchev–Trinajstić information content (AvgIpc) is 2.50. The Labute approximate surface area is 76.7 Å². The maximum atomic E-state index is 11.8. The maximum Gasteiger partial charge on any atom is 0.213 e. The van der Waals surface area contributed by atoms with Gasteiger partial charge >= 0.3 is 0 Å². The lowest BCUT2D eigenvalue weighted by molar-refractivity contribution is 0.0219. The minimum absolute atomic E-state index is 0.123. The van der Waals surface area contributed by atoms with Crippen molar-refractivity contribution in [3.8, 4) is 0 Å². The van der Waals surface area contributed by atoms with E-state index in [0.29, 0.717) is 5.69 Å². The molecule has 1 heterocycles. The van der Waals surface area contributed by atoms with Crippen molar-refractivity contribution < 1.29 is 9.53 Å². The van der Waals surface area contributed by atoms with E-state index in [9.17, 15) is 4.79 Å². The Morgan fingerprint density at radius 3 is 2.62 bits per heavy atom. The van der Waals surface area contributed by atoms with E-state index in [4.69, 9.17) is 4.74 Å². The Morgan fingerprint density at radius 1 is 1.62 bits per heavy atom. The molecule has 5 nitrogen and oxygen atoms in total. The van der Waals surface area contributed by atoms with Crippen molar-refractivity contribution in [1.29, 1.82) is 0 Å². The number of carbonyl (C=O) groups excluding carboxylic acids is 1. The van der Waals surface area contributed by atoms with Gasteiger partial charge in [0, 0.05) is 14.2 Å². The van der Waals surface area contributed by atoms with Crippen molar-refractivity contribution in [3.63, 3.8) is 0 Å². The van der Waals surface area contributed by atoms with Gasteiger partial charge < -0.3 is 4.74 Å². The van der Waals surface area contributed by atoms with Crippen LogP contribution in [0.3, 0.4) is 0 Å². The van der Waals surface area contributed by atoms with Crippen molar-refractivity contribution in [3.05, 3.63) is 11.9 Å². The number of hydrogen-bond donors (Lipinski definition) is 0. The van der Waals surface area contributed by atoms with Crippen LogP contribution in [0, 0.1) is 0 Å². The summed E-state index contributed by atoms with van der Waals surface area (Å²) < 4.78 is 6.49. The van der Waals surface area contributed by atoms with Gasteiger partial charge in [-0.25, -0.2) is 4.68 Å². The highest BCUT2D eigenvalue weighted by Gasteiger charge is 2.30. The summed E-state index contributed by atoms with van der Waals surface area (Å²) in [6, 6.07) is 0. The molecule has 0 aliphatic heterocycles. The number of methoxy groups -OCH3 is 1. The number of ether oxygens (including phenoxy) is 1. The first-order valence-corrected chi connectivity index (χ1v) is 3.93. The van der Waals surface area contributed by atoms with Crippen molar-refractivity contribution in [2.75, 3.05) is 7.11 Å². The van der Waals surface area contributed by atoms with E-state index >= 15 is 0 Å². The van der Waals surface area contributed by atoms with E-state index in [-0.39, 0.29) is 5.78 Å². The minimum Gasteiger partial charge on any atom is -0.371 e. The summed E-state index contributed by atoms with van der Waals surface area (Å²) in [6.07, 6.45) is 1.43. The number of Topliss-reactive ketones (excluding diaryl/α,β-unsaturated/α-hetero) is 1. The highest BCUT2D eigenvalue weighted by Crippen LogP contribution is 2.14. The topological polar surface area (TPSA) is 57.0 Å². The molecule has 1 aromatic rings. The van der Waals surface area contributed by atoms with Crippen molar-refractivity contribution >= 4 is 5.78 Å². The predicted octanol–water partition coefficient (Wildman–Crippen LogP) is 0.423. The van der Waals surface area contributed by atoms with Crippen LogP contribution in [0.1, 0.15) is 24.3 Å². The van der Waals surface area contributed by atoms with Crippen molar-refractivity contribution in [2.24, 2.45) is 7.05 Å². The number of aromatic nitrogens is 3. The first-order valence-electron chi connectivity index (χ1n) is 3.93. The van der Waals surface area contributed by atoms with Gasteiger partial charge in [0.1, 0.15) is 11.3 Å². The maximum absolute atomic E-state index is 11.8. The van der Waals surface area contributed by atoms with Crippen LogP contribution in [0.15, 0.2) is 6.20 Å². The molecule has 0 saturated heterocycles. The first kappa shape index (κ1) is 9.85. The summed E-state index contributed by atoms with van der Waals surface area (Å²) in [7, 11) is 3.17. The number of carbonyl (C=O) groups is 1.